The number of hydrogen-bond donors (Lipinski definition) is 1. The van der Waals surface area contributed by atoms with Crippen LogP contribution < -0.4 is 0 Å². The molecule has 3 heteroatoms. The number of fused-ring (bicyclic) bond motifs is 5. The Balaban J connectivity index is 1.49. The van der Waals surface area contributed by atoms with Gasteiger partial charge in [-0.2, -0.15) is 0 Å². The monoisotopic (exact) mass is 405 g/mol. The van der Waals surface area contributed by atoms with E-state index in [0.29, 0.717) is 23.3 Å². The molecule has 4 aliphatic rings. The highest BCUT2D eigenvalue weighted by Gasteiger charge is 2.59. The highest BCUT2D eigenvalue weighted by molar-refractivity contribution is 5.25. The van der Waals surface area contributed by atoms with Crippen molar-refractivity contribution in [3.05, 3.63) is 11.6 Å². The predicted octanol–water partition coefficient (Wildman–Crippen LogP) is 5.99. The molecular weight excluding hydrogens is 361 g/mol. The average Bonchev–Trinajstić information content (AvgIpc) is 3.03. The first-order valence-electron chi connectivity index (χ1n) is 12.4. The molecule has 2 nitrogen and oxygen atoms in total. The van der Waals surface area contributed by atoms with E-state index in [0.717, 1.165) is 37.1 Å². The van der Waals surface area contributed by atoms with Gasteiger partial charge in [0.05, 0.1) is 6.10 Å². The molecule has 0 saturated heterocycles. The van der Waals surface area contributed by atoms with Crippen molar-refractivity contribution in [2.75, 3.05) is 13.6 Å². The summed E-state index contributed by atoms with van der Waals surface area (Å²) in [7, 11) is 2.25. The predicted molar refractivity (Wildman–Crippen MR) is 118 cm³/mol. The van der Waals surface area contributed by atoms with E-state index >= 15 is 0 Å². The van der Waals surface area contributed by atoms with Gasteiger partial charge in [0.1, 0.15) is 6.17 Å². The standard InChI is InChI=1S/C26H44FNO/c1-17(2)23(27)12-15-28(5)24-9-8-21-20-7-6-18-16-19(29)10-13-25(18,3)22(20)11-14-26(21,24)4/h6,17,19-24,29H,7-16H2,1-5H3/t19-,20?,21?,22?,23?,24?,25?,26?/m1/s1. The highest BCUT2D eigenvalue weighted by Crippen LogP contribution is 2.65. The van der Waals surface area contributed by atoms with Crippen LogP contribution in [0.25, 0.3) is 0 Å². The lowest BCUT2D eigenvalue weighted by molar-refractivity contribution is -0.0569. The summed E-state index contributed by atoms with van der Waals surface area (Å²) < 4.78 is 14.2. The molecule has 0 aromatic carbocycles. The third kappa shape index (κ3) is 3.63. The minimum Gasteiger partial charge on any atom is -0.393 e. The molecule has 7 unspecified atom stereocenters. The van der Waals surface area contributed by atoms with Crippen molar-refractivity contribution < 1.29 is 9.50 Å². The molecule has 0 amide bonds. The van der Waals surface area contributed by atoms with Crippen LogP contribution in [-0.4, -0.2) is 41.9 Å². The minimum atomic E-state index is -0.679. The molecule has 0 aliphatic heterocycles. The zero-order valence-corrected chi connectivity index (χ0v) is 19.5. The number of rotatable bonds is 5. The first-order chi connectivity index (χ1) is 13.7. The SMILES string of the molecule is CC(C)C(F)CCN(C)C1CCC2C3CC=C4C[C@H](O)CCC4(C)C3CCC21C. The fourth-order valence-electron chi connectivity index (χ4n) is 8.15. The van der Waals surface area contributed by atoms with Gasteiger partial charge in [0, 0.05) is 12.6 Å². The van der Waals surface area contributed by atoms with Gasteiger partial charge in [-0.25, -0.2) is 4.39 Å². The van der Waals surface area contributed by atoms with Crippen LogP contribution in [0.4, 0.5) is 4.39 Å². The molecule has 0 spiro atoms. The van der Waals surface area contributed by atoms with E-state index in [1.807, 2.05) is 13.8 Å². The van der Waals surface area contributed by atoms with Crippen LogP contribution in [0.15, 0.2) is 11.6 Å². The fraction of sp³-hybridized carbons (Fsp3) is 0.923. The van der Waals surface area contributed by atoms with Crippen LogP contribution in [0.5, 0.6) is 0 Å². The summed E-state index contributed by atoms with van der Waals surface area (Å²) in [5, 5.41) is 10.2. The lowest BCUT2D eigenvalue weighted by atomic mass is 9.48. The zero-order valence-electron chi connectivity index (χ0n) is 19.5. The van der Waals surface area contributed by atoms with Gasteiger partial charge in [-0.3, -0.25) is 0 Å². The Morgan fingerprint density at radius 2 is 1.90 bits per heavy atom. The van der Waals surface area contributed by atoms with Gasteiger partial charge >= 0.3 is 0 Å². The topological polar surface area (TPSA) is 23.5 Å². The Kier molecular flexibility index (Phi) is 5.97. The van der Waals surface area contributed by atoms with Crippen molar-refractivity contribution in [1.29, 1.82) is 0 Å². The molecule has 4 aliphatic carbocycles. The summed E-state index contributed by atoms with van der Waals surface area (Å²) >= 11 is 0. The maximum absolute atomic E-state index is 14.2. The van der Waals surface area contributed by atoms with Crippen molar-refractivity contribution in [2.24, 2.45) is 34.5 Å². The van der Waals surface area contributed by atoms with Gasteiger partial charge in [0.15, 0.2) is 0 Å². The molecule has 0 radical (unpaired) electrons. The van der Waals surface area contributed by atoms with Crippen LogP contribution in [0.3, 0.4) is 0 Å². The van der Waals surface area contributed by atoms with E-state index < -0.39 is 6.17 Å². The van der Waals surface area contributed by atoms with Gasteiger partial charge in [0.25, 0.3) is 0 Å². The molecule has 0 heterocycles. The molecule has 3 fully saturated rings. The Labute approximate surface area is 178 Å². The van der Waals surface area contributed by atoms with Crippen molar-refractivity contribution in [3.8, 4) is 0 Å². The zero-order chi connectivity index (χ0) is 21.0. The van der Waals surface area contributed by atoms with Crippen LogP contribution >= 0.6 is 0 Å². The highest BCUT2D eigenvalue weighted by atomic mass is 19.1. The Hall–Kier alpha value is -0.410. The largest absolute Gasteiger partial charge is 0.393 e. The third-order valence-corrected chi connectivity index (χ3v) is 10.0. The van der Waals surface area contributed by atoms with Crippen LogP contribution in [0.1, 0.15) is 85.5 Å². The molecule has 29 heavy (non-hydrogen) atoms. The number of alkyl halides is 1. The van der Waals surface area contributed by atoms with Crippen LogP contribution in [0, 0.1) is 34.5 Å². The van der Waals surface area contributed by atoms with Gasteiger partial charge < -0.3 is 10.0 Å². The lowest BCUT2D eigenvalue weighted by Crippen LogP contribution is -2.53. The molecule has 0 aromatic heterocycles. The smallest absolute Gasteiger partial charge is 0.104 e. The summed E-state index contributed by atoms with van der Waals surface area (Å²) in [5.74, 6) is 2.54. The summed E-state index contributed by atoms with van der Waals surface area (Å²) in [4.78, 5) is 2.51. The van der Waals surface area contributed by atoms with Gasteiger partial charge in [-0.1, -0.05) is 39.3 Å². The van der Waals surface area contributed by atoms with Crippen molar-refractivity contribution in [1.82, 2.24) is 4.90 Å². The number of aliphatic hydroxyl groups is 1. The number of allylic oxidation sites excluding steroid dienone is 1. The summed E-state index contributed by atoms with van der Waals surface area (Å²) in [6, 6.07) is 0.610. The first kappa shape index (κ1) is 21.8. The third-order valence-electron chi connectivity index (χ3n) is 10.0. The molecule has 8 atom stereocenters. The molecule has 1 N–H and O–H groups in total. The van der Waals surface area contributed by atoms with E-state index in [-0.39, 0.29) is 12.0 Å². The number of halogens is 1. The summed E-state index contributed by atoms with van der Waals surface area (Å²) in [6.45, 7) is 9.95. The van der Waals surface area contributed by atoms with Crippen LogP contribution in [0.2, 0.25) is 0 Å². The normalized spacial score (nSPS) is 45.6. The van der Waals surface area contributed by atoms with E-state index in [4.69, 9.17) is 0 Å². The molecular formula is C26H44FNO. The molecule has 0 bridgehead atoms. The molecule has 4 rings (SSSR count). The van der Waals surface area contributed by atoms with E-state index in [1.165, 1.54) is 38.5 Å². The van der Waals surface area contributed by atoms with E-state index in [9.17, 15) is 9.50 Å². The lowest BCUT2D eigenvalue weighted by Gasteiger charge is -2.58. The van der Waals surface area contributed by atoms with Gasteiger partial charge in [-0.15, -0.1) is 0 Å². The minimum absolute atomic E-state index is 0.116. The second kappa shape index (κ2) is 7.93. The molecule has 3 saturated carbocycles. The van der Waals surface area contributed by atoms with Gasteiger partial charge in [0.2, 0.25) is 0 Å². The first-order valence-corrected chi connectivity index (χ1v) is 12.4. The number of hydrogen-bond acceptors (Lipinski definition) is 2. The van der Waals surface area contributed by atoms with Crippen molar-refractivity contribution >= 4 is 0 Å². The Morgan fingerprint density at radius 3 is 2.62 bits per heavy atom. The molecule has 0 aromatic rings. The van der Waals surface area contributed by atoms with E-state index in [2.05, 4.69) is 31.9 Å². The van der Waals surface area contributed by atoms with Crippen LogP contribution in [-0.2, 0) is 0 Å². The summed E-state index contributed by atoms with van der Waals surface area (Å²) in [5.41, 5.74) is 2.28. The maximum atomic E-state index is 14.2. The fourth-order valence-corrected chi connectivity index (χ4v) is 8.15. The van der Waals surface area contributed by atoms with Crippen molar-refractivity contribution in [3.63, 3.8) is 0 Å². The number of nitrogens with zero attached hydrogens (tertiary/aromatic N) is 1. The second-order valence-electron chi connectivity index (χ2n) is 11.8. The Morgan fingerprint density at radius 1 is 1.14 bits per heavy atom. The Bertz CT molecular complexity index is 632. The second-order valence-corrected chi connectivity index (χ2v) is 11.8. The maximum Gasteiger partial charge on any atom is 0.104 e. The van der Waals surface area contributed by atoms with Crippen molar-refractivity contribution in [2.45, 2.75) is 104 Å². The van der Waals surface area contributed by atoms with Gasteiger partial charge in [-0.05, 0) is 99.3 Å². The summed E-state index contributed by atoms with van der Waals surface area (Å²) in [6.07, 6.45) is 12.0. The molecule has 166 valence electrons. The number of aliphatic hydroxyl groups excluding tert-OH is 1. The quantitative estimate of drug-likeness (QED) is 0.568. The van der Waals surface area contributed by atoms with E-state index in [1.54, 1.807) is 5.57 Å². The average molecular weight is 406 g/mol.